The van der Waals surface area contributed by atoms with Gasteiger partial charge in [0.05, 0.1) is 17.8 Å². The molecule has 0 unspecified atom stereocenters. The topological polar surface area (TPSA) is 30.3 Å². The zero-order valence-electron chi connectivity index (χ0n) is 16.7. The van der Waals surface area contributed by atoms with E-state index in [2.05, 4.69) is 59.7 Å². The molecule has 0 spiro atoms. The number of fused-ring (bicyclic) bond motifs is 1. The number of aromatic nitrogens is 2. The van der Waals surface area contributed by atoms with Gasteiger partial charge in [-0.2, -0.15) is 5.10 Å². The Labute approximate surface area is 158 Å². The van der Waals surface area contributed by atoms with Gasteiger partial charge in [0, 0.05) is 31.6 Å². The molecule has 1 aromatic heterocycles. The molecule has 0 N–H and O–H groups in total. The molecule has 1 heterocycles. The Balaban J connectivity index is 1.41. The van der Waals surface area contributed by atoms with Gasteiger partial charge in [-0.3, -0.25) is 4.68 Å². The van der Waals surface area contributed by atoms with Crippen molar-refractivity contribution in [3.8, 4) is 0 Å². The van der Waals surface area contributed by atoms with E-state index in [-0.39, 0.29) is 0 Å². The maximum atomic E-state index is 6.04. The number of para-hydroxylation sites is 1. The molecule has 1 aliphatic carbocycles. The van der Waals surface area contributed by atoms with E-state index in [1.807, 2.05) is 6.20 Å². The van der Waals surface area contributed by atoms with Crippen molar-refractivity contribution in [3.63, 3.8) is 0 Å². The summed E-state index contributed by atoms with van der Waals surface area (Å²) in [7, 11) is 0. The number of rotatable bonds is 11. The van der Waals surface area contributed by atoms with Crippen LogP contribution in [-0.2, 0) is 11.3 Å². The first-order chi connectivity index (χ1) is 12.7. The molecule has 3 rings (SSSR count). The summed E-state index contributed by atoms with van der Waals surface area (Å²) in [5.74, 6) is 1.41. The molecule has 0 amide bonds. The molecule has 0 radical (unpaired) electrons. The highest BCUT2D eigenvalue weighted by atomic mass is 16.5. The Morgan fingerprint density at radius 1 is 1.27 bits per heavy atom. The molecule has 1 aliphatic rings. The Kier molecular flexibility index (Phi) is 7.09. The van der Waals surface area contributed by atoms with Crippen LogP contribution in [0.3, 0.4) is 0 Å². The second-order valence-corrected chi connectivity index (χ2v) is 8.11. The predicted molar refractivity (Wildman–Crippen MR) is 108 cm³/mol. The van der Waals surface area contributed by atoms with Gasteiger partial charge in [-0.05, 0) is 50.6 Å². The number of hydrogen-bond donors (Lipinski definition) is 0. The summed E-state index contributed by atoms with van der Waals surface area (Å²) in [6.45, 7) is 12.1. The van der Waals surface area contributed by atoms with Crippen molar-refractivity contribution in [2.75, 3.05) is 26.2 Å². The lowest BCUT2D eigenvalue weighted by Gasteiger charge is -2.28. The SMILES string of the molecule is CCN(CC[C@H](C)OCC1CCC1)C[C@@H](C)Cn1ncc2ccccc21. The molecular weight excluding hydrogens is 322 g/mol. The molecule has 0 aliphatic heterocycles. The first-order valence-electron chi connectivity index (χ1n) is 10.4. The highest BCUT2D eigenvalue weighted by Gasteiger charge is 2.19. The van der Waals surface area contributed by atoms with Crippen molar-refractivity contribution in [1.29, 1.82) is 0 Å². The van der Waals surface area contributed by atoms with E-state index in [9.17, 15) is 0 Å². The van der Waals surface area contributed by atoms with E-state index < -0.39 is 0 Å². The van der Waals surface area contributed by atoms with Gasteiger partial charge in [0.1, 0.15) is 0 Å². The van der Waals surface area contributed by atoms with Crippen LogP contribution in [0.5, 0.6) is 0 Å². The van der Waals surface area contributed by atoms with Gasteiger partial charge < -0.3 is 9.64 Å². The van der Waals surface area contributed by atoms with Gasteiger partial charge >= 0.3 is 0 Å². The van der Waals surface area contributed by atoms with Crippen molar-refractivity contribution < 1.29 is 4.74 Å². The van der Waals surface area contributed by atoms with Crippen molar-refractivity contribution in [3.05, 3.63) is 30.5 Å². The van der Waals surface area contributed by atoms with E-state index >= 15 is 0 Å². The Morgan fingerprint density at radius 3 is 2.81 bits per heavy atom. The van der Waals surface area contributed by atoms with Crippen LogP contribution in [0.2, 0.25) is 0 Å². The quantitative estimate of drug-likeness (QED) is 0.589. The first kappa shape index (κ1) is 19.4. The normalized spacial score (nSPS) is 17.5. The smallest absolute Gasteiger partial charge is 0.0682 e. The third-order valence-corrected chi connectivity index (χ3v) is 5.75. The maximum absolute atomic E-state index is 6.04. The summed E-state index contributed by atoms with van der Waals surface area (Å²) in [5.41, 5.74) is 1.24. The summed E-state index contributed by atoms with van der Waals surface area (Å²) in [4.78, 5) is 2.56. The van der Waals surface area contributed by atoms with Gasteiger partial charge in [-0.15, -0.1) is 0 Å². The summed E-state index contributed by atoms with van der Waals surface area (Å²) in [6, 6.07) is 8.46. The minimum absolute atomic E-state index is 0.370. The van der Waals surface area contributed by atoms with Crippen LogP contribution in [-0.4, -0.2) is 47.0 Å². The third kappa shape index (κ3) is 5.31. The molecule has 2 aromatic rings. The maximum Gasteiger partial charge on any atom is 0.0682 e. The molecule has 1 fully saturated rings. The van der Waals surface area contributed by atoms with Crippen molar-refractivity contribution >= 4 is 10.9 Å². The van der Waals surface area contributed by atoms with E-state index in [1.165, 1.54) is 30.2 Å². The van der Waals surface area contributed by atoms with Crippen molar-refractivity contribution in [2.45, 2.75) is 59.1 Å². The second-order valence-electron chi connectivity index (χ2n) is 8.11. The molecular formula is C22H35N3O. The molecule has 0 saturated heterocycles. The van der Waals surface area contributed by atoms with E-state index in [0.717, 1.165) is 45.1 Å². The zero-order chi connectivity index (χ0) is 18.4. The molecule has 1 aromatic carbocycles. The van der Waals surface area contributed by atoms with Gasteiger partial charge in [0.15, 0.2) is 0 Å². The summed E-state index contributed by atoms with van der Waals surface area (Å²) in [5, 5.41) is 5.80. The second kappa shape index (κ2) is 9.52. The fourth-order valence-corrected chi connectivity index (χ4v) is 3.75. The number of ether oxygens (including phenoxy) is 1. The average Bonchev–Trinajstić information content (AvgIpc) is 3.00. The lowest BCUT2D eigenvalue weighted by Crippen LogP contribution is -2.33. The van der Waals surface area contributed by atoms with Gasteiger partial charge in [0.2, 0.25) is 0 Å². The van der Waals surface area contributed by atoms with Crippen LogP contribution in [0.25, 0.3) is 10.9 Å². The predicted octanol–water partition coefficient (Wildman–Crippen LogP) is 4.59. The molecule has 26 heavy (non-hydrogen) atoms. The van der Waals surface area contributed by atoms with E-state index in [0.29, 0.717) is 12.0 Å². The first-order valence-corrected chi connectivity index (χ1v) is 10.4. The summed E-state index contributed by atoms with van der Waals surface area (Å²) >= 11 is 0. The van der Waals surface area contributed by atoms with E-state index in [1.54, 1.807) is 0 Å². The highest BCUT2D eigenvalue weighted by molar-refractivity contribution is 5.78. The standard InChI is InChI=1S/C22H35N3O/c1-4-24(13-12-19(3)26-17-20-8-7-9-20)15-18(2)16-25-22-11-6-5-10-21(22)14-23-25/h5-6,10-11,14,18-20H,4,7-9,12-13,15-17H2,1-3H3/t18-,19+/m1/s1. The molecule has 0 bridgehead atoms. The number of nitrogens with zero attached hydrogens (tertiary/aromatic N) is 3. The van der Waals surface area contributed by atoms with Crippen molar-refractivity contribution in [2.24, 2.45) is 11.8 Å². The van der Waals surface area contributed by atoms with Gasteiger partial charge in [-0.1, -0.05) is 38.5 Å². The zero-order valence-corrected chi connectivity index (χ0v) is 16.7. The largest absolute Gasteiger partial charge is 0.378 e. The minimum atomic E-state index is 0.370. The average molecular weight is 358 g/mol. The van der Waals surface area contributed by atoms with Crippen LogP contribution in [0.4, 0.5) is 0 Å². The van der Waals surface area contributed by atoms with Crippen LogP contribution in [0.1, 0.15) is 46.5 Å². The van der Waals surface area contributed by atoms with Crippen LogP contribution in [0, 0.1) is 11.8 Å². The number of hydrogen-bond acceptors (Lipinski definition) is 3. The van der Waals surface area contributed by atoms with Crippen LogP contribution < -0.4 is 0 Å². The summed E-state index contributed by atoms with van der Waals surface area (Å²) < 4.78 is 8.19. The fourth-order valence-electron chi connectivity index (χ4n) is 3.75. The molecule has 4 heteroatoms. The third-order valence-electron chi connectivity index (χ3n) is 5.75. The van der Waals surface area contributed by atoms with E-state index in [4.69, 9.17) is 4.74 Å². The summed E-state index contributed by atoms with van der Waals surface area (Å²) in [6.07, 6.45) is 7.60. The highest BCUT2D eigenvalue weighted by Crippen LogP contribution is 2.26. The minimum Gasteiger partial charge on any atom is -0.378 e. The van der Waals surface area contributed by atoms with Crippen molar-refractivity contribution in [1.82, 2.24) is 14.7 Å². The Hall–Kier alpha value is -1.39. The Bertz CT molecular complexity index is 664. The molecule has 2 atom stereocenters. The van der Waals surface area contributed by atoms with Crippen LogP contribution in [0.15, 0.2) is 30.5 Å². The monoisotopic (exact) mass is 357 g/mol. The molecule has 4 nitrogen and oxygen atoms in total. The van der Waals surface area contributed by atoms with Gasteiger partial charge in [0.25, 0.3) is 0 Å². The lowest BCUT2D eigenvalue weighted by atomic mass is 9.86. The lowest BCUT2D eigenvalue weighted by molar-refractivity contribution is 0.0110. The number of benzene rings is 1. The van der Waals surface area contributed by atoms with Gasteiger partial charge in [-0.25, -0.2) is 0 Å². The Morgan fingerprint density at radius 2 is 2.08 bits per heavy atom. The molecule has 1 saturated carbocycles. The fraction of sp³-hybridized carbons (Fsp3) is 0.682. The molecule has 144 valence electrons. The van der Waals surface area contributed by atoms with Crippen LogP contribution >= 0.6 is 0 Å².